The zero-order valence-corrected chi connectivity index (χ0v) is 8.02. The van der Waals surface area contributed by atoms with Gasteiger partial charge in [0.2, 0.25) is 0 Å². The highest BCUT2D eigenvalue weighted by Crippen LogP contribution is 2.30. The van der Waals surface area contributed by atoms with Crippen molar-refractivity contribution in [3.8, 4) is 0 Å². The van der Waals surface area contributed by atoms with Crippen LogP contribution in [0.2, 0.25) is 0 Å². The number of hydrogen-bond acceptors (Lipinski definition) is 2. The number of carboxylic acid groups (broad SMARTS) is 1. The van der Waals surface area contributed by atoms with Crippen LogP contribution in [0.3, 0.4) is 0 Å². The number of ether oxygens (including phenoxy) is 1. The summed E-state index contributed by atoms with van der Waals surface area (Å²) in [4.78, 5) is 10.9. The predicted molar refractivity (Wildman–Crippen MR) is 50.9 cm³/mol. The van der Waals surface area contributed by atoms with Gasteiger partial charge in [-0.1, -0.05) is 12.1 Å². The Morgan fingerprint density at radius 2 is 2.00 bits per heavy atom. The molecule has 0 bridgehead atoms. The van der Waals surface area contributed by atoms with Crippen molar-refractivity contribution in [1.82, 2.24) is 0 Å². The van der Waals surface area contributed by atoms with Crippen LogP contribution in [0.15, 0.2) is 24.3 Å². The van der Waals surface area contributed by atoms with Crippen molar-refractivity contribution >= 4 is 5.97 Å². The Kier molecular flexibility index (Phi) is 2.68. The fourth-order valence-electron chi connectivity index (χ4n) is 1.31. The van der Waals surface area contributed by atoms with E-state index in [4.69, 9.17) is 9.84 Å². The Morgan fingerprint density at radius 3 is 2.47 bits per heavy atom. The first kappa shape index (κ1) is 10.1. The molecule has 0 unspecified atom stereocenters. The number of carbonyl (C=O) groups is 1. The van der Waals surface area contributed by atoms with Gasteiger partial charge in [-0.2, -0.15) is 0 Å². The van der Waals surface area contributed by atoms with Gasteiger partial charge >= 0.3 is 5.97 Å². The van der Waals surface area contributed by atoms with Gasteiger partial charge in [-0.15, -0.1) is 0 Å². The van der Waals surface area contributed by atoms with Crippen LogP contribution >= 0.6 is 0 Å². The molecular weight excluding hydrogens is 199 g/mol. The highest BCUT2D eigenvalue weighted by Gasteiger charge is 2.30. The molecule has 0 aromatic heterocycles. The maximum absolute atomic E-state index is 12.6. The van der Waals surface area contributed by atoms with Crippen molar-refractivity contribution in [2.75, 3.05) is 0 Å². The number of halogens is 1. The summed E-state index contributed by atoms with van der Waals surface area (Å²) in [5.74, 6) is -1.41. The molecule has 1 saturated carbocycles. The molecule has 0 saturated heterocycles. The highest BCUT2D eigenvalue weighted by atomic mass is 19.1. The second-order valence-electron chi connectivity index (χ2n) is 3.61. The van der Waals surface area contributed by atoms with E-state index in [0.29, 0.717) is 5.56 Å². The van der Waals surface area contributed by atoms with Gasteiger partial charge in [-0.25, -0.2) is 9.18 Å². The minimum absolute atomic E-state index is 0.0520. The molecule has 0 spiro atoms. The van der Waals surface area contributed by atoms with Crippen LogP contribution in [0, 0.1) is 5.82 Å². The average Bonchev–Trinajstić information content (AvgIpc) is 2.99. The predicted octanol–water partition coefficient (Wildman–Crippen LogP) is 2.13. The normalized spacial score (nSPS) is 17.4. The fraction of sp³-hybridized carbons (Fsp3) is 0.364. The van der Waals surface area contributed by atoms with E-state index in [1.807, 2.05) is 0 Å². The molecule has 1 aliphatic rings. The number of benzene rings is 1. The zero-order chi connectivity index (χ0) is 10.8. The smallest absolute Gasteiger partial charge is 0.337 e. The summed E-state index contributed by atoms with van der Waals surface area (Å²) in [5, 5.41) is 8.95. The van der Waals surface area contributed by atoms with E-state index in [9.17, 15) is 9.18 Å². The SMILES string of the molecule is O=C(O)[C@@H](OC1CC1)c1ccc(F)cc1. The molecule has 3 nitrogen and oxygen atoms in total. The average molecular weight is 210 g/mol. The van der Waals surface area contributed by atoms with Crippen molar-refractivity contribution < 1.29 is 19.0 Å². The minimum atomic E-state index is -1.03. The number of aliphatic carboxylic acids is 1. The van der Waals surface area contributed by atoms with Crippen molar-refractivity contribution in [3.05, 3.63) is 35.6 Å². The van der Waals surface area contributed by atoms with Gasteiger partial charge in [0.15, 0.2) is 6.10 Å². The Morgan fingerprint density at radius 1 is 1.40 bits per heavy atom. The first-order valence-corrected chi connectivity index (χ1v) is 4.80. The van der Waals surface area contributed by atoms with Crippen LogP contribution in [0.1, 0.15) is 24.5 Å². The van der Waals surface area contributed by atoms with Crippen LogP contribution < -0.4 is 0 Å². The summed E-state index contributed by atoms with van der Waals surface area (Å²) >= 11 is 0. The Bertz CT molecular complexity index is 357. The molecule has 0 amide bonds. The van der Waals surface area contributed by atoms with Crippen LogP contribution in [-0.2, 0) is 9.53 Å². The van der Waals surface area contributed by atoms with E-state index in [0.717, 1.165) is 12.8 Å². The quantitative estimate of drug-likeness (QED) is 0.828. The van der Waals surface area contributed by atoms with Crippen molar-refractivity contribution in [2.24, 2.45) is 0 Å². The van der Waals surface area contributed by atoms with E-state index >= 15 is 0 Å². The van der Waals surface area contributed by atoms with Gasteiger partial charge in [0.1, 0.15) is 5.82 Å². The second kappa shape index (κ2) is 3.98. The summed E-state index contributed by atoms with van der Waals surface area (Å²) in [6.45, 7) is 0. The number of carboxylic acids is 1. The molecule has 1 fully saturated rings. The van der Waals surface area contributed by atoms with Crippen LogP contribution in [0.25, 0.3) is 0 Å². The lowest BCUT2D eigenvalue weighted by molar-refractivity contribution is -0.151. The van der Waals surface area contributed by atoms with Gasteiger partial charge in [0.05, 0.1) is 6.10 Å². The summed E-state index contributed by atoms with van der Waals surface area (Å²) in [5.41, 5.74) is 0.482. The van der Waals surface area contributed by atoms with Gasteiger partial charge in [-0.3, -0.25) is 0 Å². The highest BCUT2D eigenvalue weighted by molar-refractivity contribution is 5.74. The Labute approximate surface area is 86.5 Å². The summed E-state index contributed by atoms with van der Waals surface area (Å²) in [7, 11) is 0. The third-order valence-electron chi connectivity index (χ3n) is 2.25. The molecule has 1 aromatic rings. The lowest BCUT2D eigenvalue weighted by atomic mass is 10.1. The van der Waals surface area contributed by atoms with E-state index in [1.54, 1.807) is 0 Å². The molecule has 80 valence electrons. The molecular formula is C11H11FO3. The van der Waals surface area contributed by atoms with Crippen LogP contribution in [0.4, 0.5) is 4.39 Å². The van der Waals surface area contributed by atoms with Gasteiger partial charge < -0.3 is 9.84 Å². The molecule has 0 radical (unpaired) electrons. The minimum Gasteiger partial charge on any atom is -0.479 e. The van der Waals surface area contributed by atoms with Crippen molar-refractivity contribution in [3.63, 3.8) is 0 Å². The Hall–Kier alpha value is -1.42. The van der Waals surface area contributed by atoms with Crippen molar-refractivity contribution in [1.29, 1.82) is 0 Å². The van der Waals surface area contributed by atoms with E-state index in [2.05, 4.69) is 0 Å². The molecule has 1 atom stereocenters. The fourth-order valence-corrected chi connectivity index (χ4v) is 1.31. The number of rotatable bonds is 4. The Balaban J connectivity index is 2.15. The molecule has 1 aromatic carbocycles. The summed E-state index contributed by atoms with van der Waals surface area (Å²) in [6.07, 6.45) is 0.893. The summed E-state index contributed by atoms with van der Waals surface area (Å²) < 4.78 is 18.0. The van der Waals surface area contributed by atoms with E-state index in [-0.39, 0.29) is 11.9 Å². The van der Waals surface area contributed by atoms with Crippen LogP contribution in [0.5, 0.6) is 0 Å². The molecule has 0 aliphatic heterocycles. The monoisotopic (exact) mass is 210 g/mol. The molecule has 2 rings (SSSR count). The molecule has 4 heteroatoms. The van der Waals surface area contributed by atoms with Crippen LogP contribution in [-0.4, -0.2) is 17.2 Å². The van der Waals surface area contributed by atoms with Gasteiger partial charge in [-0.05, 0) is 30.5 Å². The summed E-state index contributed by atoms with van der Waals surface area (Å²) in [6, 6.07) is 5.36. The lowest BCUT2D eigenvalue weighted by Crippen LogP contribution is -2.16. The maximum Gasteiger partial charge on any atom is 0.337 e. The molecule has 0 heterocycles. The lowest BCUT2D eigenvalue weighted by Gasteiger charge is -2.13. The first-order valence-electron chi connectivity index (χ1n) is 4.80. The van der Waals surface area contributed by atoms with Gasteiger partial charge in [0, 0.05) is 0 Å². The zero-order valence-electron chi connectivity index (χ0n) is 8.02. The largest absolute Gasteiger partial charge is 0.479 e. The molecule has 1 N–H and O–H groups in total. The number of hydrogen-bond donors (Lipinski definition) is 1. The standard InChI is InChI=1S/C11H11FO3/c12-8-3-1-7(2-4-8)10(11(13)14)15-9-5-6-9/h1-4,9-10H,5-6H2,(H,13,14)/t10-/m0/s1. The molecule has 1 aliphatic carbocycles. The third kappa shape index (κ3) is 2.53. The van der Waals surface area contributed by atoms with E-state index < -0.39 is 12.1 Å². The molecule has 15 heavy (non-hydrogen) atoms. The topological polar surface area (TPSA) is 46.5 Å². The third-order valence-corrected chi connectivity index (χ3v) is 2.25. The van der Waals surface area contributed by atoms with Crippen molar-refractivity contribution in [2.45, 2.75) is 25.0 Å². The maximum atomic E-state index is 12.6. The first-order chi connectivity index (χ1) is 7.16. The van der Waals surface area contributed by atoms with E-state index in [1.165, 1.54) is 24.3 Å². The second-order valence-corrected chi connectivity index (χ2v) is 3.61. The van der Waals surface area contributed by atoms with Gasteiger partial charge in [0.25, 0.3) is 0 Å².